The molecule has 1 aliphatic heterocycles. The Hall–Kier alpha value is -0.170. The van der Waals surface area contributed by atoms with E-state index in [1.807, 2.05) is 0 Å². The van der Waals surface area contributed by atoms with Crippen LogP contribution in [0.3, 0.4) is 0 Å². The Morgan fingerprint density at radius 2 is 1.65 bits per heavy atom. The number of rotatable bonds is 6. The van der Waals surface area contributed by atoms with Crippen LogP contribution in [-0.2, 0) is 9.84 Å². The Kier molecular flexibility index (Phi) is 6.40. The average Bonchev–Trinajstić information content (AvgIpc) is 2.43. The minimum Gasteiger partial charge on any atom is -0.395 e. The highest BCUT2D eigenvalue weighted by Crippen LogP contribution is 2.04. The molecule has 1 aliphatic rings. The molecule has 0 saturated carbocycles. The van der Waals surface area contributed by atoms with Crippen molar-refractivity contribution in [2.75, 3.05) is 57.9 Å². The van der Waals surface area contributed by atoms with E-state index in [4.69, 9.17) is 5.11 Å². The zero-order valence-corrected chi connectivity index (χ0v) is 11.5. The third-order valence-corrected chi connectivity index (χ3v) is 4.12. The lowest BCUT2D eigenvalue weighted by atomic mass is 10.3. The predicted molar refractivity (Wildman–Crippen MR) is 68.9 cm³/mol. The Morgan fingerprint density at radius 1 is 1.06 bits per heavy atom. The molecular weight excluding hydrogens is 240 g/mol. The monoisotopic (exact) mass is 264 g/mol. The Morgan fingerprint density at radius 3 is 2.18 bits per heavy atom. The van der Waals surface area contributed by atoms with Crippen LogP contribution < -0.4 is 0 Å². The van der Waals surface area contributed by atoms with Crippen molar-refractivity contribution in [2.24, 2.45) is 0 Å². The van der Waals surface area contributed by atoms with Crippen molar-refractivity contribution in [1.29, 1.82) is 0 Å². The number of aliphatic hydroxyl groups excluding tert-OH is 1. The second kappa shape index (κ2) is 7.31. The van der Waals surface area contributed by atoms with Gasteiger partial charge in [0.1, 0.15) is 9.84 Å². The smallest absolute Gasteiger partial charge is 0.147 e. The summed E-state index contributed by atoms with van der Waals surface area (Å²) in [5.74, 6) is 0.282. The van der Waals surface area contributed by atoms with Crippen LogP contribution in [0.5, 0.6) is 0 Å². The quantitative estimate of drug-likeness (QED) is 0.695. The Labute approximate surface area is 104 Å². The number of nitrogens with zero attached hydrogens (tertiary/aromatic N) is 2. The van der Waals surface area contributed by atoms with Crippen LogP contribution in [0, 0.1) is 0 Å². The lowest BCUT2D eigenvalue weighted by Gasteiger charge is -2.20. The van der Waals surface area contributed by atoms with Crippen LogP contribution in [0.1, 0.15) is 12.8 Å². The molecule has 1 heterocycles. The minimum atomic E-state index is -2.82. The van der Waals surface area contributed by atoms with Crippen molar-refractivity contribution >= 4 is 9.84 Å². The van der Waals surface area contributed by atoms with Crippen LogP contribution in [0.4, 0.5) is 0 Å². The van der Waals surface area contributed by atoms with Gasteiger partial charge in [0.05, 0.1) is 12.4 Å². The van der Waals surface area contributed by atoms with Gasteiger partial charge in [-0.1, -0.05) is 0 Å². The molecule has 0 aromatic carbocycles. The molecular formula is C11H24N2O3S. The van der Waals surface area contributed by atoms with Gasteiger partial charge in [0.2, 0.25) is 0 Å². The van der Waals surface area contributed by atoms with Crippen molar-refractivity contribution in [3.63, 3.8) is 0 Å². The normalized spacial score (nSPS) is 20.4. The first-order valence-corrected chi connectivity index (χ1v) is 8.30. The van der Waals surface area contributed by atoms with Crippen molar-refractivity contribution in [3.05, 3.63) is 0 Å². The zero-order valence-electron chi connectivity index (χ0n) is 10.6. The molecule has 0 radical (unpaired) electrons. The third kappa shape index (κ3) is 6.98. The molecule has 17 heavy (non-hydrogen) atoms. The summed E-state index contributed by atoms with van der Waals surface area (Å²) in [4.78, 5) is 4.58. The Balaban J connectivity index is 2.22. The molecule has 5 nitrogen and oxygen atoms in total. The van der Waals surface area contributed by atoms with E-state index in [9.17, 15) is 8.42 Å². The van der Waals surface area contributed by atoms with E-state index in [1.54, 1.807) is 0 Å². The summed E-state index contributed by atoms with van der Waals surface area (Å²) in [6.45, 7) is 5.84. The van der Waals surface area contributed by atoms with Gasteiger partial charge < -0.3 is 10.0 Å². The number of hydrogen-bond acceptors (Lipinski definition) is 5. The number of sulfone groups is 1. The summed E-state index contributed by atoms with van der Waals surface area (Å²) in [7, 11) is -2.82. The summed E-state index contributed by atoms with van der Waals surface area (Å²) in [6, 6.07) is 0. The Bertz CT molecular complexity index is 306. The van der Waals surface area contributed by atoms with Crippen LogP contribution in [0.15, 0.2) is 0 Å². The highest BCUT2D eigenvalue weighted by molar-refractivity contribution is 7.90. The van der Waals surface area contributed by atoms with E-state index in [0.717, 1.165) is 52.1 Å². The van der Waals surface area contributed by atoms with Crippen LogP contribution in [0.25, 0.3) is 0 Å². The van der Waals surface area contributed by atoms with Crippen molar-refractivity contribution < 1.29 is 13.5 Å². The third-order valence-electron chi connectivity index (χ3n) is 3.09. The summed E-state index contributed by atoms with van der Waals surface area (Å²) in [6.07, 6.45) is 3.11. The van der Waals surface area contributed by atoms with Gasteiger partial charge in [-0.15, -0.1) is 0 Å². The molecule has 6 heteroatoms. The maximum Gasteiger partial charge on any atom is 0.147 e. The number of β-amino-alcohol motifs (C(OH)–C–C–N with tert-alkyl or cyclic N) is 1. The van der Waals surface area contributed by atoms with Gasteiger partial charge in [0.25, 0.3) is 0 Å². The van der Waals surface area contributed by atoms with E-state index < -0.39 is 9.84 Å². The molecule has 0 aromatic rings. The molecule has 102 valence electrons. The fourth-order valence-electron chi connectivity index (χ4n) is 2.16. The van der Waals surface area contributed by atoms with E-state index in [1.165, 1.54) is 6.26 Å². The number of aliphatic hydroxyl groups is 1. The second-order valence-electron chi connectivity index (χ2n) is 4.74. The molecule has 0 aliphatic carbocycles. The second-order valence-corrected chi connectivity index (χ2v) is 7.00. The lowest BCUT2D eigenvalue weighted by Crippen LogP contribution is -2.33. The molecule has 1 rings (SSSR count). The van der Waals surface area contributed by atoms with Gasteiger partial charge in [-0.25, -0.2) is 8.42 Å². The topological polar surface area (TPSA) is 60.9 Å². The summed E-state index contributed by atoms with van der Waals surface area (Å²) >= 11 is 0. The molecule has 0 unspecified atom stereocenters. The summed E-state index contributed by atoms with van der Waals surface area (Å²) in [5, 5.41) is 8.89. The maximum absolute atomic E-state index is 11.0. The van der Waals surface area contributed by atoms with Crippen molar-refractivity contribution in [3.8, 4) is 0 Å². The van der Waals surface area contributed by atoms with Gasteiger partial charge in [-0.05, 0) is 32.5 Å². The molecule has 0 atom stereocenters. The minimum absolute atomic E-state index is 0.216. The van der Waals surface area contributed by atoms with E-state index in [0.29, 0.717) is 0 Å². The highest BCUT2D eigenvalue weighted by Gasteiger charge is 2.14. The molecule has 1 fully saturated rings. The highest BCUT2D eigenvalue weighted by atomic mass is 32.2. The van der Waals surface area contributed by atoms with Gasteiger partial charge in [0.15, 0.2) is 0 Å². The largest absolute Gasteiger partial charge is 0.395 e. The van der Waals surface area contributed by atoms with Gasteiger partial charge >= 0.3 is 0 Å². The van der Waals surface area contributed by atoms with Crippen molar-refractivity contribution in [1.82, 2.24) is 9.80 Å². The SMILES string of the molecule is CS(=O)(=O)CCCN1CCCN(CCO)CC1. The summed E-state index contributed by atoms with van der Waals surface area (Å²) < 4.78 is 22.0. The molecule has 0 amide bonds. The van der Waals surface area contributed by atoms with Crippen LogP contribution in [-0.4, -0.2) is 81.2 Å². The van der Waals surface area contributed by atoms with Crippen LogP contribution >= 0.6 is 0 Å². The number of hydrogen-bond donors (Lipinski definition) is 1. The van der Waals surface area contributed by atoms with Gasteiger partial charge in [0, 0.05) is 25.9 Å². The van der Waals surface area contributed by atoms with Crippen molar-refractivity contribution in [2.45, 2.75) is 12.8 Å². The average molecular weight is 264 g/mol. The molecule has 0 aromatic heterocycles. The first kappa shape index (κ1) is 14.9. The standard InChI is InChI=1S/C11H24N2O3S/c1-17(15,16)11-3-6-12-4-2-5-13(8-7-12)9-10-14/h14H,2-11H2,1H3. The fourth-order valence-corrected chi connectivity index (χ4v) is 2.82. The molecule has 1 saturated heterocycles. The van der Waals surface area contributed by atoms with E-state index in [2.05, 4.69) is 9.80 Å². The zero-order chi connectivity index (χ0) is 12.7. The summed E-state index contributed by atoms with van der Waals surface area (Å²) in [5.41, 5.74) is 0. The van der Waals surface area contributed by atoms with Gasteiger partial charge in [-0.2, -0.15) is 0 Å². The lowest BCUT2D eigenvalue weighted by molar-refractivity contribution is 0.197. The first-order valence-electron chi connectivity index (χ1n) is 6.24. The molecule has 0 bridgehead atoms. The fraction of sp³-hybridized carbons (Fsp3) is 1.00. The maximum atomic E-state index is 11.0. The van der Waals surface area contributed by atoms with E-state index in [-0.39, 0.29) is 12.4 Å². The van der Waals surface area contributed by atoms with E-state index >= 15 is 0 Å². The molecule has 0 spiro atoms. The predicted octanol–water partition coefficient (Wildman–Crippen LogP) is -0.579. The first-order chi connectivity index (χ1) is 8.01. The van der Waals surface area contributed by atoms with Gasteiger partial charge in [-0.3, -0.25) is 4.90 Å². The molecule has 1 N–H and O–H groups in total. The van der Waals surface area contributed by atoms with Crippen LogP contribution in [0.2, 0.25) is 0 Å².